The topological polar surface area (TPSA) is 15.3 Å². The van der Waals surface area contributed by atoms with E-state index in [4.69, 9.17) is 0 Å². The second-order valence-electron chi connectivity index (χ2n) is 6.26. The van der Waals surface area contributed by atoms with Crippen molar-refractivity contribution in [3.05, 3.63) is 0 Å². The Hall–Kier alpha value is -0.0800. The van der Waals surface area contributed by atoms with Gasteiger partial charge in [-0.25, -0.2) is 0 Å². The molecule has 1 unspecified atom stereocenters. The molecule has 0 amide bonds. The third-order valence-electron chi connectivity index (χ3n) is 4.87. The van der Waals surface area contributed by atoms with Crippen molar-refractivity contribution in [2.75, 3.05) is 7.05 Å². The van der Waals surface area contributed by atoms with E-state index in [-0.39, 0.29) is 16.6 Å². The number of piperazine rings is 1. The average molecular weight is 198 g/mol. The van der Waals surface area contributed by atoms with E-state index in [1.54, 1.807) is 0 Å². The number of likely N-dealkylation sites (N-methyl/N-ethyl adjacent to an activating group) is 1. The highest BCUT2D eigenvalue weighted by atomic mass is 15.3. The summed E-state index contributed by atoms with van der Waals surface area (Å²) in [5.41, 5.74) is 0.527. The van der Waals surface area contributed by atoms with E-state index in [0.29, 0.717) is 6.04 Å². The molecule has 1 heterocycles. The number of nitrogens with one attached hydrogen (secondary N) is 1. The van der Waals surface area contributed by atoms with Gasteiger partial charge < -0.3 is 5.32 Å². The van der Waals surface area contributed by atoms with E-state index >= 15 is 0 Å². The molecule has 1 saturated heterocycles. The number of hydrogen-bond donors (Lipinski definition) is 1. The molecule has 0 saturated carbocycles. The van der Waals surface area contributed by atoms with Gasteiger partial charge in [0.2, 0.25) is 0 Å². The summed E-state index contributed by atoms with van der Waals surface area (Å²) in [6.45, 7) is 16.1. The summed E-state index contributed by atoms with van der Waals surface area (Å²) in [5.74, 6) is 0. The molecule has 0 aromatic heterocycles. The second-order valence-corrected chi connectivity index (χ2v) is 6.26. The monoisotopic (exact) mass is 198 g/mol. The minimum absolute atomic E-state index is 0.149. The van der Waals surface area contributed by atoms with Crippen molar-refractivity contribution in [1.29, 1.82) is 0 Å². The molecule has 14 heavy (non-hydrogen) atoms. The van der Waals surface area contributed by atoms with Crippen molar-refractivity contribution in [2.24, 2.45) is 0 Å². The molecule has 0 radical (unpaired) electrons. The van der Waals surface area contributed by atoms with E-state index in [9.17, 15) is 0 Å². The van der Waals surface area contributed by atoms with Crippen molar-refractivity contribution in [2.45, 2.75) is 71.1 Å². The molecule has 2 heteroatoms. The predicted octanol–water partition coefficient (Wildman–Crippen LogP) is 2.25. The van der Waals surface area contributed by atoms with Crippen LogP contribution in [0, 0.1) is 0 Å². The van der Waals surface area contributed by atoms with Crippen molar-refractivity contribution in [1.82, 2.24) is 10.2 Å². The standard InChI is InChI=1S/C12H26N2/c1-9-10(2,3)14(8)12(6,7)11(4,5)13-9/h9,13H,1-8H3. The molecule has 0 aliphatic carbocycles. The fraction of sp³-hybridized carbons (Fsp3) is 1.00. The van der Waals surface area contributed by atoms with Gasteiger partial charge in [-0.3, -0.25) is 4.90 Å². The molecule has 1 rings (SSSR count). The summed E-state index contributed by atoms with van der Waals surface area (Å²) in [4.78, 5) is 2.50. The Kier molecular flexibility index (Phi) is 2.53. The molecular weight excluding hydrogens is 172 g/mol. The zero-order valence-corrected chi connectivity index (χ0v) is 11.0. The maximum absolute atomic E-state index is 3.72. The normalized spacial score (nSPS) is 35.6. The zero-order valence-electron chi connectivity index (χ0n) is 11.0. The van der Waals surface area contributed by atoms with Gasteiger partial charge in [0.1, 0.15) is 0 Å². The maximum atomic E-state index is 3.72. The summed E-state index contributed by atoms with van der Waals surface area (Å²) in [5, 5.41) is 3.72. The summed E-state index contributed by atoms with van der Waals surface area (Å²) >= 11 is 0. The number of hydrogen-bond acceptors (Lipinski definition) is 2. The molecule has 84 valence electrons. The molecule has 0 spiro atoms. The Morgan fingerprint density at radius 1 is 1.00 bits per heavy atom. The first kappa shape index (κ1) is 12.0. The number of rotatable bonds is 0. The van der Waals surface area contributed by atoms with E-state index < -0.39 is 0 Å². The fourth-order valence-corrected chi connectivity index (χ4v) is 2.32. The fourth-order valence-electron chi connectivity index (χ4n) is 2.32. The quantitative estimate of drug-likeness (QED) is 0.642. The third kappa shape index (κ3) is 1.40. The van der Waals surface area contributed by atoms with Gasteiger partial charge in [0.05, 0.1) is 0 Å². The first-order chi connectivity index (χ1) is 6.03. The Labute approximate surface area is 89.1 Å². The van der Waals surface area contributed by atoms with Gasteiger partial charge >= 0.3 is 0 Å². The molecule has 2 nitrogen and oxygen atoms in total. The summed E-state index contributed by atoms with van der Waals surface area (Å²) < 4.78 is 0. The molecule has 1 aliphatic rings. The first-order valence-electron chi connectivity index (χ1n) is 5.55. The maximum Gasteiger partial charge on any atom is 0.0332 e. The van der Waals surface area contributed by atoms with E-state index in [0.717, 1.165) is 0 Å². The molecule has 0 aromatic rings. The summed E-state index contributed by atoms with van der Waals surface area (Å²) in [6, 6.07) is 0.510. The molecule has 1 fully saturated rings. The highest BCUT2D eigenvalue weighted by molar-refractivity contribution is 5.12. The van der Waals surface area contributed by atoms with Crippen LogP contribution >= 0.6 is 0 Å². The highest BCUT2D eigenvalue weighted by Crippen LogP contribution is 2.38. The lowest BCUT2D eigenvalue weighted by Gasteiger charge is -2.62. The lowest BCUT2D eigenvalue weighted by atomic mass is 9.72. The third-order valence-corrected chi connectivity index (χ3v) is 4.87. The van der Waals surface area contributed by atoms with Crippen molar-refractivity contribution in [3.8, 4) is 0 Å². The second kappa shape index (κ2) is 2.96. The molecule has 1 aliphatic heterocycles. The van der Waals surface area contributed by atoms with Crippen LogP contribution in [0.1, 0.15) is 48.5 Å². The van der Waals surface area contributed by atoms with Crippen molar-refractivity contribution in [3.63, 3.8) is 0 Å². The average Bonchev–Trinajstić information content (AvgIpc) is 1.99. The molecule has 1 atom stereocenters. The Balaban J connectivity index is 3.10. The molecule has 1 N–H and O–H groups in total. The predicted molar refractivity (Wildman–Crippen MR) is 62.6 cm³/mol. The van der Waals surface area contributed by atoms with Crippen LogP contribution < -0.4 is 5.32 Å². The first-order valence-corrected chi connectivity index (χ1v) is 5.55. The van der Waals surface area contributed by atoms with E-state index in [2.05, 4.69) is 65.7 Å². The summed E-state index contributed by atoms with van der Waals surface area (Å²) in [6.07, 6.45) is 0. The van der Waals surface area contributed by atoms with Crippen molar-refractivity contribution < 1.29 is 0 Å². The number of nitrogens with zero attached hydrogens (tertiary/aromatic N) is 1. The van der Waals surface area contributed by atoms with Crippen LogP contribution in [-0.4, -0.2) is 34.6 Å². The van der Waals surface area contributed by atoms with Crippen LogP contribution in [0.4, 0.5) is 0 Å². The minimum atomic E-state index is 0.149. The van der Waals surface area contributed by atoms with Gasteiger partial charge in [-0.2, -0.15) is 0 Å². The molecule has 0 bridgehead atoms. The Bertz CT molecular complexity index is 226. The lowest BCUT2D eigenvalue weighted by Crippen LogP contribution is -2.78. The molecule has 0 aromatic carbocycles. The van der Waals surface area contributed by atoms with Crippen LogP contribution in [0.5, 0.6) is 0 Å². The van der Waals surface area contributed by atoms with Gasteiger partial charge in [0.25, 0.3) is 0 Å². The zero-order chi connectivity index (χ0) is 11.4. The van der Waals surface area contributed by atoms with Crippen LogP contribution in [0.3, 0.4) is 0 Å². The minimum Gasteiger partial charge on any atom is -0.306 e. The Morgan fingerprint density at radius 3 is 1.86 bits per heavy atom. The van der Waals surface area contributed by atoms with Crippen LogP contribution in [-0.2, 0) is 0 Å². The van der Waals surface area contributed by atoms with E-state index in [1.165, 1.54) is 0 Å². The highest BCUT2D eigenvalue weighted by Gasteiger charge is 2.52. The van der Waals surface area contributed by atoms with Gasteiger partial charge in [-0.15, -0.1) is 0 Å². The van der Waals surface area contributed by atoms with Crippen molar-refractivity contribution >= 4 is 0 Å². The molecular formula is C12H26N2. The Morgan fingerprint density at radius 2 is 1.43 bits per heavy atom. The van der Waals surface area contributed by atoms with Crippen LogP contribution in [0.2, 0.25) is 0 Å². The van der Waals surface area contributed by atoms with Crippen LogP contribution in [0.25, 0.3) is 0 Å². The largest absolute Gasteiger partial charge is 0.306 e. The van der Waals surface area contributed by atoms with Gasteiger partial charge in [0, 0.05) is 22.7 Å². The SMILES string of the molecule is CC1NC(C)(C)C(C)(C)N(C)C1(C)C. The van der Waals surface area contributed by atoms with Crippen LogP contribution in [0.15, 0.2) is 0 Å². The smallest absolute Gasteiger partial charge is 0.0332 e. The summed E-state index contributed by atoms with van der Waals surface area (Å²) in [7, 11) is 2.24. The van der Waals surface area contributed by atoms with Gasteiger partial charge in [-0.05, 0) is 55.5 Å². The van der Waals surface area contributed by atoms with Gasteiger partial charge in [0.15, 0.2) is 0 Å². The lowest BCUT2D eigenvalue weighted by molar-refractivity contribution is -0.0777. The van der Waals surface area contributed by atoms with E-state index in [1.807, 2.05) is 0 Å². The van der Waals surface area contributed by atoms with Gasteiger partial charge in [-0.1, -0.05) is 0 Å².